The number of benzene rings is 1. The van der Waals surface area contributed by atoms with Gasteiger partial charge in [-0.1, -0.05) is 39.8 Å². The smallest absolute Gasteiger partial charge is 0.233 e. The lowest BCUT2D eigenvalue weighted by Crippen LogP contribution is -2.34. The predicted molar refractivity (Wildman–Crippen MR) is 80.1 cm³/mol. The molecule has 104 valence electrons. The van der Waals surface area contributed by atoms with Gasteiger partial charge in [0.05, 0.1) is 0 Å². The van der Waals surface area contributed by atoms with E-state index in [0.29, 0.717) is 5.56 Å². The van der Waals surface area contributed by atoms with Crippen LogP contribution in [0.2, 0.25) is 0 Å². The van der Waals surface area contributed by atoms with Crippen molar-refractivity contribution < 1.29 is 9.59 Å². The molecule has 1 aromatic rings. The van der Waals surface area contributed by atoms with Crippen LogP contribution in [0.4, 0.5) is 0 Å². The van der Waals surface area contributed by atoms with Crippen molar-refractivity contribution in [1.29, 1.82) is 0 Å². The summed E-state index contributed by atoms with van der Waals surface area (Å²) in [5, 5.41) is 0. The van der Waals surface area contributed by atoms with Crippen LogP contribution in [-0.4, -0.2) is 11.6 Å². The molecule has 2 aliphatic carbocycles. The summed E-state index contributed by atoms with van der Waals surface area (Å²) in [7, 11) is 0. The number of rotatable bonds is 0. The molecule has 0 fully saturated rings. The lowest BCUT2D eigenvalue weighted by Gasteiger charge is -2.42. The summed E-state index contributed by atoms with van der Waals surface area (Å²) >= 11 is 0. The van der Waals surface area contributed by atoms with E-state index in [2.05, 4.69) is 33.8 Å². The average Bonchev–Trinajstić information content (AvgIpc) is 2.39. The number of Topliss-reactive ketones (excluding diaryl/α,β-unsaturated/α-hetero) is 1. The third-order valence-electron chi connectivity index (χ3n) is 4.91. The van der Waals surface area contributed by atoms with E-state index in [4.69, 9.17) is 0 Å². The maximum absolute atomic E-state index is 12.1. The molecule has 0 spiro atoms. The second-order valence-corrected chi connectivity index (χ2v) is 7.28. The molecule has 2 heteroatoms. The number of ketones is 2. The molecule has 2 nitrogen and oxygen atoms in total. The second-order valence-electron chi connectivity index (χ2n) is 7.28. The second kappa shape index (κ2) is 3.91. The van der Waals surface area contributed by atoms with Crippen molar-refractivity contribution in [3.8, 4) is 0 Å². The van der Waals surface area contributed by atoms with Crippen molar-refractivity contribution in [2.75, 3.05) is 0 Å². The van der Waals surface area contributed by atoms with Crippen LogP contribution >= 0.6 is 0 Å². The highest BCUT2D eigenvalue weighted by atomic mass is 16.2. The summed E-state index contributed by atoms with van der Waals surface area (Å²) in [6.45, 7) is 8.96. The SMILES string of the molecule is CC1(C)CCC(C)(C)c2cc3c(cc21)C=CC(=O)C3=O. The highest BCUT2D eigenvalue weighted by Gasteiger charge is 2.38. The van der Waals surface area contributed by atoms with Crippen molar-refractivity contribution >= 4 is 17.6 Å². The Kier molecular flexibility index (Phi) is 2.60. The van der Waals surface area contributed by atoms with E-state index in [1.807, 2.05) is 6.07 Å². The van der Waals surface area contributed by atoms with Gasteiger partial charge in [0.15, 0.2) is 0 Å². The number of hydrogen-bond donors (Lipinski definition) is 0. The minimum absolute atomic E-state index is 0.0599. The largest absolute Gasteiger partial charge is 0.286 e. The third-order valence-corrected chi connectivity index (χ3v) is 4.91. The van der Waals surface area contributed by atoms with Crippen LogP contribution in [0, 0.1) is 0 Å². The zero-order chi connectivity index (χ0) is 14.7. The molecule has 0 amide bonds. The monoisotopic (exact) mass is 268 g/mol. The van der Waals surface area contributed by atoms with Gasteiger partial charge in [-0.15, -0.1) is 0 Å². The van der Waals surface area contributed by atoms with Crippen LogP contribution in [0.25, 0.3) is 6.08 Å². The van der Waals surface area contributed by atoms with Gasteiger partial charge in [0.25, 0.3) is 0 Å². The number of carbonyl (C=O) groups is 2. The standard InChI is InChI=1S/C18H20O2/c1-17(2)7-8-18(3,4)14-10-12-11(9-13(14)17)5-6-15(19)16(12)20/h5-6,9-10H,7-8H2,1-4H3. The van der Waals surface area contributed by atoms with Crippen molar-refractivity contribution in [3.05, 3.63) is 40.5 Å². The van der Waals surface area contributed by atoms with E-state index in [1.54, 1.807) is 6.08 Å². The Hall–Kier alpha value is -1.70. The Morgan fingerprint density at radius 3 is 2.00 bits per heavy atom. The van der Waals surface area contributed by atoms with Gasteiger partial charge < -0.3 is 0 Å². The van der Waals surface area contributed by atoms with Crippen LogP contribution < -0.4 is 0 Å². The Labute approximate surface area is 119 Å². The Morgan fingerprint density at radius 1 is 0.850 bits per heavy atom. The summed E-state index contributed by atoms with van der Waals surface area (Å²) < 4.78 is 0. The van der Waals surface area contributed by atoms with Crippen LogP contribution in [0.1, 0.15) is 67.6 Å². The maximum atomic E-state index is 12.1. The molecule has 0 N–H and O–H groups in total. The van der Waals surface area contributed by atoms with Crippen molar-refractivity contribution in [2.45, 2.75) is 51.4 Å². The summed E-state index contributed by atoms with van der Waals surface area (Å²) in [5.41, 5.74) is 4.19. The zero-order valence-corrected chi connectivity index (χ0v) is 12.5. The van der Waals surface area contributed by atoms with E-state index >= 15 is 0 Å². The number of fused-ring (bicyclic) bond motifs is 2. The highest BCUT2D eigenvalue weighted by molar-refractivity contribution is 6.50. The van der Waals surface area contributed by atoms with E-state index < -0.39 is 5.78 Å². The van der Waals surface area contributed by atoms with Gasteiger partial charge in [-0.3, -0.25) is 9.59 Å². The van der Waals surface area contributed by atoms with Gasteiger partial charge in [0, 0.05) is 5.56 Å². The lowest BCUT2D eigenvalue weighted by molar-refractivity contribution is -0.110. The van der Waals surface area contributed by atoms with Gasteiger partial charge in [-0.2, -0.15) is 0 Å². The Balaban J connectivity index is 2.30. The van der Waals surface area contributed by atoms with E-state index in [0.717, 1.165) is 18.4 Å². The molecule has 0 aliphatic heterocycles. The van der Waals surface area contributed by atoms with Gasteiger partial charge in [0.2, 0.25) is 11.6 Å². The molecule has 0 unspecified atom stereocenters. The van der Waals surface area contributed by atoms with Crippen molar-refractivity contribution in [1.82, 2.24) is 0 Å². The zero-order valence-electron chi connectivity index (χ0n) is 12.5. The molecule has 0 atom stereocenters. The van der Waals surface area contributed by atoms with Crippen molar-refractivity contribution in [2.24, 2.45) is 0 Å². The first-order valence-electron chi connectivity index (χ1n) is 7.18. The summed E-state index contributed by atoms with van der Waals surface area (Å²) in [6.07, 6.45) is 5.40. The molecular formula is C18H20O2. The van der Waals surface area contributed by atoms with E-state index in [1.165, 1.54) is 17.2 Å². The lowest BCUT2D eigenvalue weighted by atomic mass is 9.62. The summed E-state index contributed by atoms with van der Waals surface area (Å²) in [5.74, 6) is -0.783. The summed E-state index contributed by atoms with van der Waals surface area (Å²) in [6, 6.07) is 4.09. The summed E-state index contributed by atoms with van der Waals surface area (Å²) in [4.78, 5) is 23.7. The van der Waals surface area contributed by atoms with Gasteiger partial charge >= 0.3 is 0 Å². The van der Waals surface area contributed by atoms with Crippen LogP contribution in [0.15, 0.2) is 18.2 Å². The van der Waals surface area contributed by atoms with Crippen LogP contribution in [-0.2, 0) is 15.6 Å². The molecule has 20 heavy (non-hydrogen) atoms. The highest BCUT2D eigenvalue weighted by Crippen LogP contribution is 2.47. The molecule has 1 aromatic carbocycles. The molecule has 0 aromatic heterocycles. The number of allylic oxidation sites excluding steroid dienone is 1. The first kappa shape index (κ1) is 13.3. The molecule has 3 rings (SSSR count). The fourth-order valence-electron chi connectivity index (χ4n) is 3.34. The van der Waals surface area contributed by atoms with Crippen molar-refractivity contribution in [3.63, 3.8) is 0 Å². The predicted octanol–water partition coefficient (Wildman–Crippen LogP) is 3.81. The number of hydrogen-bond acceptors (Lipinski definition) is 2. The normalized spacial score (nSPS) is 22.4. The minimum Gasteiger partial charge on any atom is -0.286 e. The van der Waals surface area contributed by atoms with E-state index in [-0.39, 0.29) is 16.6 Å². The minimum atomic E-state index is -0.412. The third kappa shape index (κ3) is 1.78. The first-order chi connectivity index (χ1) is 9.22. The number of carbonyl (C=O) groups excluding carboxylic acids is 2. The van der Waals surface area contributed by atoms with E-state index in [9.17, 15) is 9.59 Å². The van der Waals surface area contributed by atoms with Gasteiger partial charge in [-0.25, -0.2) is 0 Å². The molecule has 0 heterocycles. The molecular weight excluding hydrogens is 248 g/mol. The molecule has 0 saturated heterocycles. The molecule has 2 aliphatic rings. The fourth-order valence-corrected chi connectivity index (χ4v) is 3.34. The molecule has 0 bridgehead atoms. The average molecular weight is 268 g/mol. The fraction of sp³-hybridized carbons (Fsp3) is 0.444. The van der Waals surface area contributed by atoms with Gasteiger partial charge in [-0.05, 0) is 52.5 Å². The molecule has 0 radical (unpaired) electrons. The quantitative estimate of drug-likeness (QED) is 0.670. The molecule has 0 saturated carbocycles. The first-order valence-corrected chi connectivity index (χ1v) is 7.18. The van der Waals surface area contributed by atoms with Crippen LogP contribution in [0.5, 0.6) is 0 Å². The topological polar surface area (TPSA) is 34.1 Å². The Bertz CT molecular complexity index is 660. The Morgan fingerprint density at radius 2 is 1.40 bits per heavy atom. The van der Waals surface area contributed by atoms with Gasteiger partial charge in [0.1, 0.15) is 0 Å². The maximum Gasteiger partial charge on any atom is 0.233 e. The van der Waals surface area contributed by atoms with Crippen LogP contribution in [0.3, 0.4) is 0 Å².